The van der Waals surface area contributed by atoms with E-state index in [1.54, 1.807) is 25.3 Å². The first kappa shape index (κ1) is 21.8. The lowest BCUT2D eigenvalue weighted by atomic mass is 10.1. The highest BCUT2D eigenvalue weighted by Gasteiger charge is 2.30. The lowest BCUT2D eigenvalue weighted by molar-refractivity contribution is -0.137. The maximum atomic E-state index is 12.7. The normalized spacial score (nSPS) is 10.7. The second-order valence-corrected chi connectivity index (χ2v) is 6.25. The standard InChI is InChI=1S/C22H18F3N3O3/c1-30-17-8-4-6-15(12-17)19-14-20(28-27-19)21(29)26-10-2-3-11-31-18-9-5-7-16(13-18)22(23,24)25/h4-9,12-14H,10-11H2,1H3,(H,26,29)(H,27,28). The zero-order chi connectivity index (χ0) is 22.3. The molecule has 0 saturated carbocycles. The Balaban J connectivity index is 1.48. The topological polar surface area (TPSA) is 76.2 Å². The largest absolute Gasteiger partial charge is 0.497 e. The van der Waals surface area contributed by atoms with Gasteiger partial charge in [0.15, 0.2) is 0 Å². The maximum Gasteiger partial charge on any atom is 0.416 e. The summed E-state index contributed by atoms with van der Waals surface area (Å²) in [6.45, 7) is -0.0699. The summed E-state index contributed by atoms with van der Waals surface area (Å²) in [6.07, 6.45) is -4.44. The van der Waals surface area contributed by atoms with Crippen LogP contribution in [-0.2, 0) is 6.18 Å². The van der Waals surface area contributed by atoms with Gasteiger partial charge in [-0.25, -0.2) is 0 Å². The molecule has 0 aliphatic heterocycles. The van der Waals surface area contributed by atoms with Crippen molar-refractivity contribution in [2.24, 2.45) is 0 Å². The van der Waals surface area contributed by atoms with Gasteiger partial charge in [0, 0.05) is 5.56 Å². The van der Waals surface area contributed by atoms with Crippen LogP contribution >= 0.6 is 0 Å². The monoisotopic (exact) mass is 429 g/mol. The Morgan fingerprint density at radius 3 is 2.65 bits per heavy atom. The summed E-state index contributed by atoms with van der Waals surface area (Å²) >= 11 is 0. The molecule has 0 fully saturated rings. The third-order valence-electron chi connectivity index (χ3n) is 4.12. The molecule has 6 nitrogen and oxygen atoms in total. The van der Waals surface area contributed by atoms with Crippen molar-refractivity contribution in [1.29, 1.82) is 0 Å². The van der Waals surface area contributed by atoms with Crippen molar-refractivity contribution in [2.45, 2.75) is 6.18 Å². The number of rotatable bonds is 6. The van der Waals surface area contributed by atoms with Gasteiger partial charge in [0.1, 0.15) is 23.8 Å². The lowest BCUT2D eigenvalue weighted by Gasteiger charge is -2.08. The number of nitrogens with one attached hydrogen (secondary N) is 2. The molecule has 1 aromatic heterocycles. The highest BCUT2D eigenvalue weighted by molar-refractivity contribution is 5.93. The van der Waals surface area contributed by atoms with Crippen LogP contribution in [0.2, 0.25) is 0 Å². The van der Waals surface area contributed by atoms with Crippen molar-refractivity contribution in [3.8, 4) is 34.6 Å². The van der Waals surface area contributed by atoms with Crippen molar-refractivity contribution >= 4 is 5.91 Å². The Morgan fingerprint density at radius 1 is 1.10 bits per heavy atom. The zero-order valence-corrected chi connectivity index (χ0v) is 16.4. The molecule has 1 heterocycles. The first-order chi connectivity index (χ1) is 14.9. The fourth-order valence-corrected chi connectivity index (χ4v) is 2.58. The number of carbonyl (C=O) groups is 1. The molecule has 9 heteroatoms. The number of methoxy groups -OCH3 is 1. The van der Waals surface area contributed by atoms with Crippen molar-refractivity contribution in [3.05, 3.63) is 65.9 Å². The third-order valence-corrected chi connectivity index (χ3v) is 4.12. The molecule has 0 aliphatic carbocycles. The van der Waals surface area contributed by atoms with Gasteiger partial charge < -0.3 is 14.8 Å². The van der Waals surface area contributed by atoms with Crippen LogP contribution in [0.5, 0.6) is 11.5 Å². The summed E-state index contributed by atoms with van der Waals surface area (Å²) in [4.78, 5) is 12.2. The number of hydrogen-bond acceptors (Lipinski definition) is 4. The number of benzene rings is 2. The van der Waals surface area contributed by atoms with E-state index in [1.165, 1.54) is 12.1 Å². The van der Waals surface area contributed by atoms with Gasteiger partial charge in [0.05, 0.1) is 24.9 Å². The van der Waals surface area contributed by atoms with Gasteiger partial charge in [-0.1, -0.05) is 30.0 Å². The minimum absolute atomic E-state index is 0.0400. The van der Waals surface area contributed by atoms with Crippen molar-refractivity contribution < 1.29 is 27.4 Å². The predicted octanol–water partition coefficient (Wildman–Crippen LogP) is 3.92. The average Bonchev–Trinajstić information content (AvgIpc) is 3.26. The number of aromatic nitrogens is 2. The lowest BCUT2D eigenvalue weighted by Crippen LogP contribution is -2.24. The Labute approximate surface area is 176 Å². The second kappa shape index (κ2) is 9.71. The molecular weight excluding hydrogens is 411 g/mol. The minimum atomic E-state index is -4.44. The molecule has 160 valence electrons. The summed E-state index contributed by atoms with van der Waals surface area (Å²) in [5.74, 6) is 5.66. The Kier molecular flexibility index (Phi) is 6.82. The number of ether oxygens (including phenoxy) is 2. The van der Waals surface area contributed by atoms with Gasteiger partial charge in [-0.2, -0.15) is 18.3 Å². The molecule has 2 N–H and O–H groups in total. The summed E-state index contributed by atoms with van der Waals surface area (Å²) in [5, 5.41) is 9.39. The highest BCUT2D eigenvalue weighted by atomic mass is 19.4. The van der Waals surface area contributed by atoms with Crippen molar-refractivity contribution in [2.75, 3.05) is 20.3 Å². The molecule has 0 radical (unpaired) electrons. The average molecular weight is 429 g/mol. The molecule has 2 aromatic carbocycles. The second-order valence-electron chi connectivity index (χ2n) is 6.25. The van der Waals surface area contributed by atoms with Crippen molar-refractivity contribution in [1.82, 2.24) is 15.5 Å². The molecule has 3 rings (SSSR count). The first-order valence-electron chi connectivity index (χ1n) is 9.10. The molecule has 0 spiro atoms. The van der Waals surface area contributed by atoms with Crippen molar-refractivity contribution in [3.63, 3.8) is 0 Å². The number of carbonyl (C=O) groups excluding carboxylic acids is 1. The van der Waals surface area contributed by atoms with E-state index in [2.05, 4.69) is 27.4 Å². The molecule has 3 aromatic rings. The molecule has 1 amide bonds. The minimum Gasteiger partial charge on any atom is -0.497 e. The van der Waals surface area contributed by atoms with Gasteiger partial charge in [0.2, 0.25) is 0 Å². The third kappa shape index (κ3) is 6.02. The fraction of sp³-hybridized carbons (Fsp3) is 0.182. The fourth-order valence-electron chi connectivity index (χ4n) is 2.58. The predicted molar refractivity (Wildman–Crippen MR) is 108 cm³/mol. The number of halogens is 3. The van der Waals surface area contributed by atoms with Crippen LogP contribution in [0.1, 0.15) is 16.1 Å². The van der Waals surface area contributed by atoms with Crippen LogP contribution < -0.4 is 14.8 Å². The van der Waals surface area contributed by atoms with Gasteiger partial charge in [-0.15, -0.1) is 0 Å². The summed E-state index contributed by atoms with van der Waals surface area (Å²) in [7, 11) is 1.56. The van der Waals surface area contributed by atoms with Crippen LogP contribution in [0.3, 0.4) is 0 Å². The van der Waals surface area contributed by atoms with Crippen LogP contribution in [0.15, 0.2) is 54.6 Å². The number of amides is 1. The van der Waals surface area contributed by atoms with Gasteiger partial charge in [-0.3, -0.25) is 9.89 Å². The molecule has 31 heavy (non-hydrogen) atoms. The van der Waals surface area contributed by atoms with E-state index in [1.807, 2.05) is 12.1 Å². The maximum absolute atomic E-state index is 12.7. The van der Waals surface area contributed by atoms with E-state index in [0.717, 1.165) is 17.7 Å². The zero-order valence-electron chi connectivity index (χ0n) is 16.4. The van der Waals surface area contributed by atoms with Crippen LogP contribution in [0, 0.1) is 11.8 Å². The van der Waals surface area contributed by atoms with Gasteiger partial charge >= 0.3 is 6.18 Å². The van der Waals surface area contributed by atoms with E-state index in [-0.39, 0.29) is 24.6 Å². The van der Waals surface area contributed by atoms with E-state index < -0.39 is 17.6 Å². The first-order valence-corrected chi connectivity index (χ1v) is 9.10. The number of hydrogen-bond donors (Lipinski definition) is 2. The smallest absolute Gasteiger partial charge is 0.416 e. The molecule has 0 aliphatic rings. The molecule has 0 bridgehead atoms. The quantitative estimate of drug-likeness (QED) is 0.583. The van der Waals surface area contributed by atoms with Gasteiger partial charge in [-0.05, 0) is 36.4 Å². The Bertz CT molecular complexity index is 1110. The summed E-state index contributed by atoms with van der Waals surface area (Å²) < 4.78 is 48.4. The van der Waals surface area contributed by atoms with Crippen LogP contribution in [0.25, 0.3) is 11.3 Å². The SMILES string of the molecule is COc1cccc(-c2cc(C(=O)NCC#CCOc3cccc(C(F)(F)F)c3)[nH]n2)c1. The highest BCUT2D eigenvalue weighted by Crippen LogP contribution is 2.31. The Morgan fingerprint density at radius 2 is 1.87 bits per heavy atom. The van der Waals surface area contributed by atoms with E-state index >= 15 is 0 Å². The molecule has 0 saturated heterocycles. The number of H-pyrrole nitrogens is 1. The number of alkyl halides is 3. The van der Waals surface area contributed by atoms with E-state index in [0.29, 0.717) is 11.4 Å². The number of nitrogens with zero attached hydrogens (tertiary/aromatic N) is 1. The summed E-state index contributed by atoms with van der Waals surface area (Å²) in [5.41, 5.74) is 0.851. The van der Waals surface area contributed by atoms with Crippen LogP contribution in [0.4, 0.5) is 13.2 Å². The molecular formula is C22H18F3N3O3. The van der Waals surface area contributed by atoms with E-state index in [4.69, 9.17) is 9.47 Å². The molecule has 0 atom stereocenters. The summed E-state index contributed by atoms with van der Waals surface area (Å²) in [6, 6.07) is 13.4. The van der Waals surface area contributed by atoms with Gasteiger partial charge in [0.25, 0.3) is 5.91 Å². The Hall–Kier alpha value is -3.93. The molecule has 0 unspecified atom stereocenters. The van der Waals surface area contributed by atoms with E-state index in [9.17, 15) is 18.0 Å². The van der Waals surface area contributed by atoms with Crippen LogP contribution in [-0.4, -0.2) is 36.4 Å². The number of aromatic amines is 1.